The van der Waals surface area contributed by atoms with E-state index < -0.39 is 5.97 Å². The van der Waals surface area contributed by atoms with E-state index >= 15 is 0 Å². The highest BCUT2D eigenvalue weighted by molar-refractivity contribution is 5.95. The first-order valence-electron chi connectivity index (χ1n) is 12.5. The zero-order chi connectivity index (χ0) is 24.9. The predicted molar refractivity (Wildman–Crippen MR) is 139 cm³/mol. The first kappa shape index (κ1) is 23.8. The Morgan fingerprint density at radius 2 is 1.53 bits per heavy atom. The molecule has 5 rings (SSSR count). The molecule has 0 spiro atoms. The molecular weight excluding hydrogens is 458 g/mol. The third kappa shape index (κ3) is 5.32. The van der Waals surface area contributed by atoms with Gasteiger partial charge in [-0.1, -0.05) is 18.2 Å². The molecule has 3 aromatic rings. The molecule has 0 bridgehead atoms. The molecule has 4 heterocycles. The maximum atomic E-state index is 11.6. The Morgan fingerprint density at radius 1 is 0.917 bits per heavy atom. The van der Waals surface area contributed by atoms with Crippen molar-refractivity contribution in [3.63, 3.8) is 0 Å². The van der Waals surface area contributed by atoms with Crippen molar-refractivity contribution in [2.75, 3.05) is 48.0 Å². The largest absolute Gasteiger partial charge is 0.478 e. The molecule has 10 heteroatoms. The quantitative estimate of drug-likeness (QED) is 0.384. The maximum absolute atomic E-state index is 11.6. The second kappa shape index (κ2) is 10.8. The van der Waals surface area contributed by atoms with Gasteiger partial charge >= 0.3 is 5.97 Å². The maximum Gasteiger partial charge on any atom is 0.336 e. The van der Waals surface area contributed by atoms with E-state index in [-0.39, 0.29) is 5.56 Å². The zero-order valence-corrected chi connectivity index (χ0v) is 20.5. The number of carboxylic acid groups (broad SMARTS) is 1. The predicted octanol–water partition coefficient (Wildman–Crippen LogP) is 4.28. The average molecular weight is 490 g/mol. The Hall–Kier alpha value is -3.95. The van der Waals surface area contributed by atoms with E-state index in [4.69, 9.17) is 19.4 Å². The summed E-state index contributed by atoms with van der Waals surface area (Å²) >= 11 is 0. The van der Waals surface area contributed by atoms with Crippen LogP contribution >= 0.6 is 0 Å². The number of benzene rings is 1. The average Bonchev–Trinajstić information content (AvgIpc) is 3.41. The van der Waals surface area contributed by atoms with Gasteiger partial charge in [0.25, 0.3) is 5.95 Å². The second-order valence-electron chi connectivity index (χ2n) is 9.15. The van der Waals surface area contributed by atoms with Crippen LogP contribution in [-0.4, -0.2) is 65.5 Å². The van der Waals surface area contributed by atoms with Crippen LogP contribution in [0.25, 0.3) is 11.3 Å². The Morgan fingerprint density at radius 3 is 2.14 bits per heavy atom. The number of aromatic nitrogens is 3. The smallest absolute Gasteiger partial charge is 0.336 e. The van der Waals surface area contributed by atoms with Crippen LogP contribution in [-0.2, 0) is 0 Å². The summed E-state index contributed by atoms with van der Waals surface area (Å²) in [6.45, 7) is 3.79. The van der Waals surface area contributed by atoms with Crippen molar-refractivity contribution in [2.45, 2.75) is 38.5 Å². The molecule has 36 heavy (non-hydrogen) atoms. The van der Waals surface area contributed by atoms with E-state index in [9.17, 15) is 9.90 Å². The topological polar surface area (TPSA) is 111 Å². The van der Waals surface area contributed by atoms with Crippen LogP contribution in [0.2, 0.25) is 0 Å². The fourth-order valence-corrected chi connectivity index (χ4v) is 4.61. The van der Waals surface area contributed by atoms with Gasteiger partial charge in [0.2, 0.25) is 11.9 Å². The lowest BCUT2D eigenvalue weighted by atomic mass is 10.1. The Bertz CT molecular complexity index is 1190. The minimum Gasteiger partial charge on any atom is -0.478 e. The Kier molecular flexibility index (Phi) is 7.11. The van der Waals surface area contributed by atoms with Crippen LogP contribution in [0, 0.1) is 0 Å². The van der Waals surface area contributed by atoms with Gasteiger partial charge in [-0.15, -0.1) is 0 Å². The van der Waals surface area contributed by atoms with E-state index in [0.29, 0.717) is 34.9 Å². The highest BCUT2D eigenvalue weighted by atomic mass is 16.4. The summed E-state index contributed by atoms with van der Waals surface area (Å²) in [5.74, 6) is 1.85. The van der Waals surface area contributed by atoms with Gasteiger partial charge in [-0.25, -0.2) is 9.80 Å². The minimum absolute atomic E-state index is 0.188. The van der Waals surface area contributed by atoms with Crippen molar-refractivity contribution in [1.29, 1.82) is 0 Å². The number of hydrogen-bond donors (Lipinski definition) is 1. The lowest BCUT2D eigenvalue weighted by molar-refractivity contribution is 0.0697. The van der Waals surface area contributed by atoms with Gasteiger partial charge in [0.1, 0.15) is 11.5 Å². The van der Waals surface area contributed by atoms with Gasteiger partial charge in [0.15, 0.2) is 0 Å². The van der Waals surface area contributed by atoms with E-state index in [0.717, 1.165) is 51.9 Å². The molecule has 2 saturated heterocycles. The van der Waals surface area contributed by atoms with Crippen molar-refractivity contribution >= 4 is 30.0 Å². The van der Waals surface area contributed by atoms with Crippen LogP contribution in [0.3, 0.4) is 0 Å². The Labute approximate surface area is 210 Å². The van der Waals surface area contributed by atoms with Crippen LogP contribution in [0.4, 0.5) is 17.8 Å². The summed E-state index contributed by atoms with van der Waals surface area (Å²) in [6, 6.07) is 10.3. The lowest BCUT2D eigenvalue weighted by Gasteiger charge is -2.30. The lowest BCUT2D eigenvalue weighted by Crippen LogP contribution is -2.35. The van der Waals surface area contributed by atoms with E-state index in [1.807, 2.05) is 0 Å². The molecule has 2 aliphatic rings. The van der Waals surface area contributed by atoms with Crippen molar-refractivity contribution in [1.82, 2.24) is 15.0 Å². The standard InChI is InChI=1S/C26H31N7O3/c1-31(27-18-19-12-13-22(36-19)20-10-4-5-11-21(20)23(34)35)24-28-25(32-14-6-2-7-15-32)30-26(29-24)33-16-8-3-9-17-33/h4-5,10-13,18H,2-3,6-9,14-17H2,1H3,(H,34,35)/b27-18+. The molecule has 2 aliphatic heterocycles. The number of carbonyl (C=O) groups is 1. The molecule has 0 aliphatic carbocycles. The van der Waals surface area contributed by atoms with Gasteiger partial charge in [-0.05, 0) is 56.7 Å². The number of carboxylic acids is 1. The first-order valence-corrected chi connectivity index (χ1v) is 12.5. The number of nitrogens with zero attached hydrogens (tertiary/aromatic N) is 7. The number of hydrogen-bond acceptors (Lipinski definition) is 9. The SMILES string of the molecule is CN(/N=C/c1ccc(-c2ccccc2C(=O)O)o1)c1nc(N2CCCCC2)nc(N2CCCCC2)n1. The van der Waals surface area contributed by atoms with E-state index in [2.05, 4.69) is 14.9 Å². The summed E-state index contributed by atoms with van der Waals surface area (Å²) < 4.78 is 5.88. The normalized spacial score (nSPS) is 16.5. The molecule has 0 saturated carbocycles. The summed E-state index contributed by atoms with van der Waals surface area (Å²) in [5.41, 5.74) is 0.709. The van der Waals surface area contributed by atoms with Crippen molar-refractivity contribution in [2.24, 2.45) is 5.10 Å². The van der Waals surface area contributed by atoms with E-state index in [1.165, 1.54) is 12.8 Å². The monoisotopic (exact) mass is 489 g/mol. The number of anilines is 3. The number of aromatic carboxylic acids is 1. The molecule has 2 aromatic heterocycles. The molecule has 0 atom stereocenters. The molecule has 10 nitrogen and oxygen atoms in total. The highest BCUT2D eigenvalue weighted by Crippen LogP contribution is 2.26. The molecule has 1 aromatic carbocycles. The molecule has 2 fully saturated rings. The van der Waals surface area contributed by atoms with Gasteiger partial charge < -0.3 is 19.3 Å². The van der Waals surface area contributed by atoms with Crippen molar-refractivity contribution < 1.29 is 14.3 Å². The third-order valence-electron chi connectivity index (χ3n) is 6.58. The highest BCUT2D eigenvalue weighted by Gasteiger charge is 2.21. The summed E-state index contributed by atoms with van der Waals surface area (Å²) in [4.78, 5) is 30.3. The van der Waals surface area contributed by atoms with Gasteiger partial charge in [-0.3, -0.25) is 0 Å². The van der Waals surface area contributed by atoms with Crippen LogP contribution in [0.15, 0.2) is 45.9 Å². The molecular formula is C26H31N7O3. The third-order valence-corrected chi connectivity index (χ3v) is 6.58. The second-order valence-corrected chi connectivity index (χ2v) is 9.15. The van der Waals surface area contributed by atoms with Gasteiger partial charge in [0.05, 0.1) is 11.8 Å². The fraction of sp³-hybridized carbons (Fsp3) is 0.423. The minimum atomic E-state index is -0.999. The summed E-state index contributed by atoms with van der Waals surface area (Å²) in [7, 11) is 1.80. The van der Waals surface area contributed by atoms with Crippen molar-refractivity contribution in [3.05, 3.63) is 47.7 Å². The van der Waals surface area contributed by atoms with Gasteiger partial charge in [-0.2, -0.15) is 20.1 Å². The van der Waals surface area contributed by atoms with Crippen molar-refractivity contribution in [3.8, 4) is 11.3 Å². The molecule has 1 N–H and O–H groups in total. The first-order chi connectivity index (χ1) is 17.6. The molecule has 0 radical (unpaired) electrons. The molecule has 0 unspecified atom stereocenters. The Balaban J connectivity index is 1.39. The zero-order valence-electron chi connectivity index (χ0n) is 20.5. The van der Waals surface area contributed by atoms with E-state index in [1.54, 1.807) is 54.7 Å². The van der Waals surface area contributed by atoms with Crippen LogP contribution < -0.4 is 14.8 Å². The van der Waals surface area contributed by atoms with Crippen LogP contribution in [0.5, 0.6) is 0 Å². The number of hydrazone groups is 1. The molecule has 0 amide bonds. The number of rotatable bonds is 7. The number of furan rings is 1. The summed E-state index contributed by atoms with van der Waals surface area (Å²) in [5, 5.41) is 15.6. The van der Waals surface area contributed by atoms with Gasteiger partial charge in [0, 0.05) is 38.8 Å². The summed E-state index contributed by atoms with van der Waals surface area (Å²) in [6.07, 6.45) is 8.61. The van der Waals surface area contributed by atoms with Crippen LogP contribution in [0.1, 0.15) is 54.6 Å². The fourth-order valence-electron chi connectivity index (χ4n) is 4.61. The molecule has 188 valence electrons. The number of piperidine rings is 2.